The van der Waals surface area contributed by atoms with Crippen LogP contribution < -0.4 is 5.32 Å². The Hall–Kier alpha value is -3.32. The number of carbonyl (C=O) groups excluding carboxylic acids is 2. The zero-order valence-corrected chi connectivity index (χ0v) is 22.5. The number of allylic oxidation sites excluding steroid dienone is 1. The number of hydrogen-bond acceptors (Lipinski definition) is 6. The van der Waals surface area contributed by atoms with Crippen LogP contribution in [-0.2, 0) is 14.3 Å². The van der Waals surface area contributed by atoms with Gasteiger partial charge < -0.3 is 15.0 Å². The highest BCUT2D eigenvalue weighted by molar-refractivity contribution is 8.16. The van der Waals surface area contributed by atoms with E-state index in [1.807, 2.05) is 82.2 Å². The lowest BCUT2D eigenvalue weighted by Gasteiger charge is -2.37. The van der Waals surface area contributed by atoms with E-state index >= 15 is 0 Å². The van der Waals surface area contributed by atoms with Crippen LogP contribution in [0, 0.1) is 13.8 Å². The Labute approximate surface area is 217 Å². The molecule has 0 saturated heterocycles. The maximum absolute atomic E-state index is 13.3. The highest BCUT2D eigenvalue weighted by atomic mass is 32.2. The summed E-state index contributed by atoms with van der Waals surface area (Å²) >= 11 is 1.48. The molecule has 7 heteroatoms. The first-order valence-electron chi connectivity index (χ1n) is 12.2. The fourth-order valence-electron chi connectivity index (χ4n) is 4.54. The van der Waals surface area contributed by atoms with Gasteiger partial charge in [-0.15, -0.1) is 0 Å². The molecule has 2 atom stereocenters. The standard InChI is InChI=1S/C29H33N3O3S/c1-17(2)35-28(34)26-21(6)31-29-32(27(26)24-14-18(3)12-13-19(24)4)23(16-36-29)15-25(33)30-20(5)22-10-8-7-9-11-22/h7-14,16-17,20,27H,15H2,1-6H3,(H,30,33)/t20-,27+/m1/s1. The Kier molecular flexibility index (Phi) is 7.69. The Morgan fingerprint density at radius 2 is 1.81 bits per heavy atom. The third-order valence-electron chi connectivity index (χ3n) is 6.31. The predicted octanol–water partition coefficient (Wildman–Crippen LogP) is 6.10. The number of esters is 1. The van der Waals surface area contributed by atoms with Crippen LogP contribution in [0.3, 0.4) is 0 Å². The molecule has 2 aliphatic heterocycles. The first kappa shape index (κ1) is 25.8. The maximum atomic E-state index is 13.3. The van der Waals surface area contributed by atoms with Crippen molar-refractivity contribution in [1.29, 1.82) is 0 Å². The van der Waals surface area contributed by atoms with E-state index in [4.69, 9.17) is 9.73 Å². The molecule has 1 N–H and O–H groups in total. The quantitative estimate of drug-likeness (QED) is 0.463. The fourth-order valence-corrected chi connectivity index (χ4v) is 5.50. The largest absolute Gasteiger partial charge is 0.459 e. The van der Waals surface area contributed by atoms with Crippen LogP contribution in [0.4, 0.5) is 0 Å². The minimum atomic E-state index is -0.427. The molecule has 2 aliphatic rings. The van der Waals surface area contributed by atoms with Gasteiger partial charge >= 0.3 is 5.97 Å². The van der Waals surface area contributed by atoms with Gasteiger partial charge in [-0.05, 0) is 63.6 Å². The third kappa shape index (κ3) is 5.41. The van der Waals surface area contributed by atoms with Crippen LogP contribution in [0.15, 0.2) is 75.9 Å². The lowest BCUT2D eigenvalue weighted by atomic mass is 9.90. The summed E-state index contributed by atoms with van der Waals surface area (Å²) in [6, 6.07) is 15.6. The van der Waals surface area contributed by atoms with Gasteiger partial charge in [-0.1, -0.05) is 65.9 Å². The third-order valence-corrected chi connectivity index (χ3v) is 7.20. The van der Waals surface area contributed by atoms with Crippen LogP contribution in [0.5, 0.6) is 0 Å². The smallest absolute Gasteiger partial charge is 0.338 e. The van der Waals surface area contributed by atoms with Gasteiger partial charge in [-0.3, -0.25) is 4.79 Å². The van der Waals surface area contributed by atoms with Crippen molar-refractivity contribution in [2.45, 2.75) is 66.2 Å². The molecule has 0 unspecified atom stereocenters. The molecule has 4 rings (SSSR count). The Balaban J connectivity index is 1.67. The van der Waals surface area contributed by atoms with Gasteiger partial charge in [-0.2, -0.15) is 0 Å². The molecule has 0 bridgehead atoms. The van der Waals surface area contributed by atoms with Gasteiger partial charge in [0.2, 0.25) is 5.91 Å². The normalized spacial score (nSPS) is 18.0. The van der Waals surface area contributed by atoms with Crippen molar-refractivity contribution in [2.24, 2.45) is 4.99 Å². The number of nitrogens with one attached hydrogen (secondary N) is 1. The monoisotopic (exact) mass is 503 g/mol. The number of amides is 1. The first-order chi connectivity index (χ1) is 17.2. The number of aliphatic imine (C=N–C) groups is 1. The van der Waals surface area contributed by atoms with Gasteiger partial charge in [-0.25, -0.2) is 9.79 Å². The summed E-state index contributed by atoms with van der Waals surface area (Å²) in [6.45, 7) is 11.6. The van der Waals surface area contributed by atoms with E-state index in [1.54, 1.807) is 0 Å². The zero-order chi connectivity index (χ0) is 26.0. The lowest BCUT2D eigenvalue weighted by molar-refractivity contribution is -0.143. The van der Waals surface area contributed by atoms with Crippen molar-refractivity contribution in [3.05, 3.63) is 93.2 Å². The zero-order valence-electron chi connectivity index (χ0n) is 21.7. The summed E-state index contributed by atoms with van der Waals surface area (Å²) in [7, 11) is 0. The molecular weight excluding hydrogens is 470 g/mol. The summed E-state index contributed by atoms with van der Waals surface area (Å²) in [5.74, 6) is -0.466. The summed E-state index contributed by atoms with van der Waals surface area (Å²) in [5, 5.41) is 5.83. The van der Waals surface area contributed by atoms with Crippen LogP contribution >= 0.6 is 11.8 Å². The van der Waals surface area contributed by atoms with Crippen LogP contribution in [0.2, 0.25) is 0 Å². The lowest BCUT2D eigenvalue weighted by Crippen LogP contribution is -2.39. The number of ether oxygens (including phenoxy) is 1. The molecule has 0 spiro atoms. The van der Waals surface area contributed by atoms with Gasteiger partial charge in [0.15, 0.2) is 5.17 Å². The number of thioether (sulfide) groups is 1. The number of hydrogen-bond donors (Lipinski definition) is 1. The van der Waals surface area contributed by atoms with Crippen LogP contribution in [-0.4, -0.2) is 28.0 Å². The van der Waals surface area contributed by atoms with Gasteiger partial charge in [0.05, 0.1) is 35.9 Å². The van der Waals surface area contributed by atoms with Crippen molar-refractivity contribution in [2.75, 3.05) is 0 Å². The van der Waals surface area contributed by atoms with E-state index < -0.39 is 6.04 Å². The molecule has 0 saturated carbocycles. The molecule has 1 amide bonds. The molecule has 0 aliphatic carbocycles. The van der Waals surface area contributed by atoms with E-state index in [1.165, 1.54) is 11.8 Å². The second-order valence-corrected chi connectivity index (χ2v) is 10.4. The highest BCUT2D eigenvalue weighted by Crippen LogP contribution is 2.45. The SMILES string of the molecule is CC1=C(C(=O)OC(C)C)[C@H](c2cc(C)ccc2C)N2C(CC(=O)N[C@H](C)c3ccccc3)=CSC2=N1. The summed E-state index contributed by atoms with van der Waals surface area (Å²) in [4.78, 5) is 33.2. The molecule has 188 valence electrons. The number of aryl methyl sites for hydroxylation is 2. The maximum Gasteiger partial charge on any atom is 0.338 e. The molecule has 2 heterocycles. The summed E-state index contributed by atoms with van der Waals surface area (Å²) in [5.41, 5.74) is 6.17. The second-order valence-electron chi connectivity index (χ2n) is 9.58. The molecule has 0 aromatic heterocycles. The molecule has 0 fully saturated rings. The van der Waals surface area contributed by atoms with E-state index in [-0.39, 0.29) is 30.4 Å². The predicted molar refractivity (Wildman–Crippen MR) is 145 cm³/mol. The van der Waals surface area contributed by atoms with Crippen molar-refractivity contribution >= 4 is 28.8 Å². The number of nitrogens with zero attached hydrogens (tertiary/aromatic N) is 2. The highest BCUT2D eigenvalue weighted by Gasteiger charge is 2.42. The molecule has 2 aromatic carbocycles. The van der Waals surface area contributed by atoms with Crippen molar-refractivity contribution < 1.29 is 14.3 Å². The average Bonchev–Trinajstić information content (AvgIpc) is 3.21. The van der Waals surface area contributed by atoms with E-state index in [9.17, 15) is 9.59 Å². The topological polar surface area (TPSA) is 71.0 Å². The van der Waals surface area contributed by atoms with E-state index in [0.717, 1.165) is 33.1 Å². The number of carbonyl (C=O) groups is 2. The van der Waals surface area contributed by atoms with Crippen molar-refractivity contribution in [1.82, 2.24) is 10.2 Å². The number of fused-ring (bicyclic) bond motifs is 1. The van der Waals surface area contributed by atoms with Gasteiger partial charge in [0.25, 0.3) is 0 Å². The Bertz CT molecular complexity index is 1260. The van der Waals surface area contributed by atoms with E-state index in [2.05, 4.69) is 23.5 Å². The van der Waals surface area contributed by atoms with Crippen LogP contribution in [0.1, 0.15) is 68.5 Å². The Morgan fingerprint density at radius 1 is 1.08 bits per heavy atom. The van der Waals surface area contributed by atoms with E-state index in [0.29, 0.717) is 11.3 Å². The number of amidine groups is 1. The number of benzene rings is 2. The molecule has 36 heavy (non-hydrogen) atoms. The minimum absolute atomic E-state index is 0.0863. The minimum Gasteiger partial charge on any atom is -0.459 e. The van der Waals surface area contributed by atoms with Crippen molar-refractivity contribution in [3.63, 3.8) is 0 Å². The summed E-state index contributed by atoms with van der Waals surface area (Å²) < 4.78 is 5.65. The van der Waals surface area contributed by atoms with Gasteiger partial charge in [0, 0.05) is 5.70 Å². The summed E-state index contributed by atoms with van der Waals surface area (Å²) in [6.07, 6.45) is -0.0773. The molecule has 2 aromatic rings. The molecule has 6 nitrogen and oxygen atoms in total. The van der Waals surface area contributed by atoms with Crippen LogP contribution in [0.25, 0.3) is 0 Å². The number of rotatable bonds is 7. The van der Waals surface area contributed by atoms with Gasteiger partial charge in [0.1, 0.15) is 0 Å². The van der Waals surface area contributed by atoms with Crippen molar-refractivity contribution in [3.8, 4) is 0 Å². The fraction of sp³-hybridized carbons (Fsp3) is 0.345. The average molecular weight is 504 g/mol. The first-order valence-corrected chi connectivity index (χ1v) is 13.1. The Morgan fingerprint density at radius 3 is 2.50 bits per heavy atom. The second kappa shape index (κ2) is 10.7. The molecule has 0 radical (unpaired) electrons. The molecular formula is C29H33N3O3S.